The summed E-state index contributed by atoms with van der Waals surface area (Å²) in [5, 5.41) is 12.1. The van der Waals surface area contributed by atoms with Crippen LogP contribution in [0.2, 0.25) is 0 Å². The van der Waals surface area contributed by atoms with E-state index >= 15 is 0 Å². The number of nitrogens with zero attached hydrogens (tertiary/aromatic N) is 1. The first-order valence-corrected chi connectivity index (χ1v) is 7.29. The van der Waals surface area contributed by atoms with Gasteiger partial charge in [-0.2, -0.15) is 0 Å². The second-order valence-electron chi connectivity index (χ2n) is 5.81. The predicted molar refractivity (Wildman–Crippen MR) is 77.9 cm³/mol. The molecule has 2 unspecified atom stereocenters. The zero-order valence-corrected chi connectivity index (χ0v) is 11.5. The van der Waals surface area contributed by atoms with Gasteiger partial charge in [-0.15, -0.1) is 0 Å². The molecule has 1 aromatic carbocycles. The van der Waals surface area contributed by atoms with Crippen LogP contribution in [0, 0.1) is 5.92 Å². The molecule has 0 aliphatic heterocycles. The lowest BCUT2D eigenvalue weighted by Crippen LogP contribution is -2.32. The van der Waals surface area contributed by atoms with Crippen LogP contribution in [0.5, 0.6) is 0 Å². The minimum absolute atomic E-state index is 0.636. The molecule has 0 radical (unpaired) electrons. The van der Waals surface area contributed by atoms with Crippen LogP contribution in [0.4, 0.5) is 0 Å². The molecule has 2 heteroatoms. The molecule has 1 heterocycles. The maximum atomic E-state index is 11.0. The summed E-state index contributed by atoms with van der Waals surface area (Å²) in [5.41, 5.74) is 1.42. The van der Waals surface area contributed by atoms with Crippen molar-refractivity contribution in [1.29, 1.82) is 0 Å². The van der Waals surface area contributed by atoms with Crippen molar-refractivity contribution < 1.29 is 5.11 Å². The summed E-state index contributed by atoms with van der Waals surface area (Å²) in [6, 6.07) is 10.2. The molecule has 100 valence electrons. The standard InChI is InChI=1S/C17H21NO/c1-2-13-5-3-9-17(19,12-13)15-7-8-16-14(11-15)6-4-10-18-16/h4,6-8,10-11,13,19H,2-3,5,9,12H2,1H3. The Kier molecular flexibility index (Phi) is 3.28. The fourth-order valence-electron chi connectivity index (χ4n) is 3.34. The number of fused-ring (bicyclic) bond motifs is 1. The number of hydrogen-bond donors (Lipinski definition) is 1. The molecule has 0 spiro atoms. The Bertz CT molecular complexity index is 580. The van der Waals surface area contributed by atoms with E-state index in [1.165, 1.54) is 6.42 Å². The van der Waals surface area contributed by atoms with Gasteiger partial charge in [0.1, 0.15) is 0 Å². The predicted octanol–water partition coefficient (Wildman–Crippen LogP) is 4.02. The van der Waals surface area contributed by atoms with Gasteiger partial charge in [0.2, 0.25) is 0 Å². The van der Waals surface area contributed by atoms with E-state index in [9.17, 15) is 5.11 Å². The highest BCUT2D eigenvalue weighted by Gasteiger charge is 2.35. The molecule has 1 saturated carbocycles. The fourth-order valence-corrected chi connectivity index (χ4v) is 3.34. The lowest BCUT2D eigenvalue weighted by Gasteiger charge is -2.37. The maximum absolute atomic E-state index is 11.0. The van der Waals surface area contributed by atoms with Crippen LogP contribution >= 0.6 is 0 Å². The summed E-state index contributed by atoms with van der Waals surface area (Å²) < 4.78 is 0. The quantitative estimate of drug-likeness (QED) is 0.879. The average Bonchev–Trinajstić information content (AvgIpc) is 2.46. The molecule has 1 aliphatic rings. The third-order valence-corrected chi connectivity index (χ3v) is 4.55. The van der Waals surface area contributed by atoms with E-state index in [2.05, 4.69) is 24.0 Å². The van der Waals surface area contributed by atoms with Crippen LogP contribution < -0.4 is 0 Å². The van der Waals surface area contributed by atoms with Crippen LogP contribution in [0.25, 0.3) is 10.9 Å². The van der Waals surface area contributed by atoms with Gasteiger partial charge in [-0.05, 0) is 48.9 Å². The molecule has 1 aromatic heterocycles. The topological polar surface area (TPSA) is 33.1 Å². The summed E-state index contributed by atoms with van der Waals surface area (Å²) in [6.07, 6.45) is 7.14. The van der Waals surface area contributed by atoms with E-state index in [0.29, 0.717) is 5.92 Å². The summed E-state index contributed by atoms with van der Waals surface area (Å²) in [5.74, 6) is 0.656. The van der Waals surface area contributed by atoms with Gasteiger partial charge in [0, 0.05) is 11.6 Å². The zero-order chi connectivity index (χ0) is 13.3. The number of aromatic nitrogens is 1. The van der Waals surface area contributed by atoms with Crippen molar-refractivity contribution in [1.82, 2.24) is 4.98 Å². The Morgan fingerprint density at radius 1 is 1.37 bits per heavy atom. The van der Waals surface area contributed by atoms with Gasteiger partial charge in [0.05, 0.1) is 11.1 Å². The molecule has 0 amide bonds. The number of pyridine rings is 1. The first kappa shape index (κ1) is 12.6. The first-order chi connectivity index (χ1) is 9.21. The number of rotatable bonds is 2. The highest BCUT2D eigenvalue weighted by atomic mass is 16.3. The lowest BCUT2D eigenvalue weighted by atomic mass is 9.73. The SMILES string of the molecule is CCC1CCCC(O)(c2ccc3ncccc3c2)C1. The van der Waals surface area contributed by atoms with Crippen LogP contribution in [0.15, 0.2) is 36.5 Å². The molecule has 2 aromatic rings. The molecular weight excluding hydrogens is 234 g/mol. The second kappa shape index (κ2) is 4.93. The monoisotopic (exact) mass is 255 g/mol. The van der Waals surface area contributed by atoms with Crippen LogP contribution in [0.3, 0.4) is 0 Å². The van der Waals surface area contributed by atoms with Crippen LogP contribution in [-0.4, -0.2) is 10.1 Å². The van der Waals surface area contributed by atoms with Crippen molar-refractivity contribution in [3.8, 4) is 0 Å². The van der Waals surface area contributed by atoms with Crippen LogP contribution in [-0.2, 0) is 5.60 Å². The van der Waals surface area contributed by atoms with Crippen molar-refractivity contribution in [2.45, 2.75) is 44.6 Å². The van der Waals surface area contributed by atoms with E-state index in [1.54, 1.807) is 0 Å². The van der Waals surface area contributed by atoms with Crippen LogP contribution in [0.1, 0.15) is 44.6 Å². The highest BCUT2D eigenvalue weighted by Crippen LogP contribution is 2.41. The van der Waals surface area contributed by atoms with Gasteiger partial charge < -0.3 is 5.11 Å². The average molecular weight is 255 g/mol. The van der Waals surface area contributed by atoms with Crippen molar-refractivity contribution in [3.05, 3.63) is 42.1 Å². The van der Waals surface area contributed by atoms with Crippen molar-refractivity contribution in [2.24, 2.45) is 5.92 Å². The molecular formula is C17H21NO. The second-order valence-corrected chi connectivity index (χ2v) is 5.81. The van der Waals surface area contributed by atoms with Gasteiger partial charge >= 0.3 is 0 Å². The van der Waals surface area contributed by atoms with E-state index in [1.807, 2.05) is 24.4 Å². The number of benzene rings is 1. The maximum Gasteiger partial charge on any atom is 0.0899 e. The summed E-state index contributed by atoms with van der Waals surface area (Å²) in [4.78, 5) is 4.34. The Morgan fingerprint density at radius 2 is 2.26 bits per heavy atom. The Morgan fingerprint density at radius 3 is 3.11 bits per heavy atom. The first-order valence-electron chi connectivity index (χ1n) is 7.29. The third-order valence-electron chi connectivity index (χ3n) is 4.55. The van der Waals surface area contributed by atoms with Gasteiger partial charge in [0.25, 0.3) is 0 Å². The van der Waals surface area contributed by atoms with Crippen molar-refractivity contribution >= 4 is 10.9 Å². The Hall–Kier alpha value is -1.41. The molecule has 2 nitrogen and oxygen atoms in total. The minimum atomic E-state index is -0.636. The minimum Gasteiger partial charge on any atom is -0.385 e. The summed E-state index contributed by atoms with van der Waals surface area (Å²) >= 11 is 0. The molecule has 1 aliphatic carbocycles. The van der Waals surface area contributed by atoms with E-state index < -0.39 is 5.60 Å². The molecule has 1 N–H and O–H groups in total. The number of hydrogen-bond acceptors (Lipinski definition) is 2. The fraction of sp³-hybridized carbons (Fsp3) is 0.471. The van der Waals surface area contributed by atoms with E-state index in [0.717, 1.165) is 42.1 Å². The van der Waals surface area contributed by atoms with Gasteiger partial charge in [0.15, 0.2) is 0 Å². The van der Waals surface area contributed by atoms with E-state index in [4.69, 9.17) is 0 Å². The largest absolute Gasteiger partial charge is 0.385 e. The molecule has 0 saturated heterocycles. The van der Waals surface area contributed by atoms with Crippen molar-refractivity contribution in [3.63, 3.8) is 0 Å². The Labute approximate surface area is 114 Å². The van der Waals surface area contributed by atoms with E-state index in [-0.39, 0.29) is 0 Å². The lowest BCUT2D eigenvalue weighted by molar-refractivity contribution is -0.0216. The Balaban J connectivity index is 1.98. The van der Waals surface area contributed by atoms with Gasteiger partial charge in [-0.1, -0.05) is 31.9 Å². The summed E-state index contributed by atoms with van der Waals surface area (Å²) in [6.45, 7) is 2.22. The molecule has 1 fully saturated rings. The normalized spacial score (nSPS) is 27.6. The summed E-state index contributed by atoms with van der Waals surface area (Å²) in [7, 11) is 0. The molecule has 0 bridgehead atoms. The molecule has 2 atom stereocenters. The molecule has 19 heavy (non-hydrogen) atoms. The number of aliphatic hydroxyl groups is 1. The van der Waals surface area contributed by atoms with Crippen molar-refractivity contribution in [2.75, 3.05) is 0 Å². The highest BCUT2D eigenvalue weighted by molar-refractivity contribution is 5.79. The van der Waals surface area contributed by atoms with Gasteiger partial charge in [-0.3, -0.25) is 4.98 Å². The molecule has 3 rings (SSSR count). The van der Waals surface area contributed by atoms with Gasteiger partial charge in [-0.25, -0.2) is 0 Å². The smallest absolute Gasteiger partial charge is 0.0899 e. The zero-order valence-electron chi connectivity index (χ0n) is 11.5. The third kappa shape index (κ3) is 2.37.